The maximum Gasteiger partial charge on any atom is 0.0482 e. The monoisotopic (exact) mass is 264 g/mol. The van der Waals surface area contributed by atoms with Crippen molar-refractivity contribution in [1.29, 1.82) is 0 Å². The number of fused-ring (bicyclic) bond motifs is 1. The van der Waals surface area contributed by atoms with E-state index >= 15 is 0 Å². The van der Waals surface area contributed by atoms with E-state index in [1.54, 1.807) is 0 Å². The van der Waals surface area contributed by atoms with Crippen LogP contribution in [0.4, 0.5) is 0 Å². The summed E-state index contributed by atoms with van der Waals surface area (Å²) in [6.07, 6.45) is 4.39. The van der Waals surface area contributed by atoms with Crippen molar-refractivity contribution in [3.8, 4) is 0 Å². The summed E-state index contributed by atoms with van der Waals surface area (Å²) < 4.78 is 3.27. The molecule has 0 aliphatic heterocycles. The summed E-state index contributed by atoms with van der Waals surface area (Å²) in [6, 6.07) is 6.37. The molecule has 0 bridgehead atoms. The first kappa shape index (κ1) is 9.43. The van der Waals surface area contributed by atoms with Gasteiger partial charge in [-0.2, -0.15) is 0 Å². The largest absolute Gasteiger partial charge is 0.350 e. The van der Waals surface area contributed by atoms with Gasteiger partial charge in [0.05, 0.1) is 0 Å². The van der Waals surface area contributed by atoms with Crippen molar-refractivity contribution >= 4 is 26.8 Å². The molecule has 2 aromatic rings. The van der Waals surface area contributed by atoms with Gasteiger partial charge in [-0.25, -0.2) is 0 Å². The highest BCUT2D eigenvalue weighted by Gasteiger charge is 2.41. The van der Waals surface area contributed by atoms with E-state index in [1.807, 2.05) is 0 Å². The van der Waals surface area contributed by atoms with E-state index in [-0.39, 0.29) is 5.54 Å². The lowest BCUT2D eigenvalue weighted by Gasteiger charge is -2.06. The Hall–Kier alpha value is -0.800. The third kappa shape index (κ3) is 1.34. The number of aromatic nitrogens is 1. The molecular weight excluding hydrogens is 252 g/mol. The molecule has 0 amide bonds. The lowest BCUT2D eigenvalue weighted by molar-refractivity contribution is 0.741. The SMILES string of the molecule is Cn1cc(C2(N)CC2)c2cc(Br)ccc21. The van der Waals surface area contributed by atoms with Crippen LogP contribution in [0.15, 0.2) is 28.9 Å². The number of hydrogen-bond acceptors (Lipinski definition) is 1. The van der Waals surface area contributed by atoms with Gasteiger partial charge in [-0.3, -0.25) is 0 Å². The van der Waals surface area contributed by atoms with Gasteiger partial charge in [-0.1, -0.05) is 15.9 Å². The van der Waals surface area contributed by atoms with E-state index < -0.39 is 0 Å². The topological polar surface area (TPSA) is 30.9 Å². The molecule has 1 heterocycles. The predicted molar refractivity (Wildman–Crippen MR) is 65.7 cm³/mol. The van der Waals surface area contributed by atoms with E-state index in [1.165, 1.54) is 16.5 Å². The van der Waals surface area contributed by atoms with E-state index in [4.69, 9.17) is 5.73 Å². The van der Waals surface area contributed by atoms with Crippen molar-refractivity contribution in [2.24, 2.45) is 12.8 Å². The molecule has 0 radical (unpaired) electrons. The van der Waals surface area contributed by atoms with Crippen LogP contribution in [-0.2, 0) is 12.6 Å². The van der Waals surface area contributed by atoms with Gasteiger partial charge in [0, 0.05) is 34.2 Å². The number of nitrogens with two attached hydrogens (primary N) is 1. The standard InChI is InChI=1S/C12H13BrN2/c1-15-7-10(12(14)4-5-12)9-6-8(13)2-3-11(9)15/h2-3,6-7H,4-5,14H2,1H3. The molecule has 1 aromatic carbocycles. The van der Waals surface area contributed by atoms with E-state index in [0.717, 1.165) is 17.3 Å². The molecule has 0 saturated heterocycles. The summed E-state index contributed by atoms with van der Waals surface area (Å²) in [5.41, 5.74) is 8.76. The fourth-order valence-electron chi connectivity index (χ4n) is 2.17. The Balaban J connectivity index is 2.34. The summed E-state index contributed by atoms with van der Waals surface area (Å²) in [7, 11) is 2.07. The molecule has 1 aromatic heterocycles. The van der Waals surface area contributed by atoms with Crippen LogP contribution in [0.1, 0.15) is 18.4 Å². The molecule has 0 atom stereocenters. The summed E-state index contributed by atoms with van der Waals surface area (Å²) in [4.78, 5) is 0. The Morgan fingerprint density at radius 2 is 2.13 bits per heavy atom. The van der Waals surface area contributed by atoms with Crippen LogP contribution in [0.3, 0.4) is 0 Å². The van der Waals surface area contributed by atoms with E-state index in [2.05, 4.69) is 51.9 Å². The number of benzene rings is 1. The summed E-state index contributed by atoms with van der Waals surface area (Å²) in [6.45, 7) is 0. The van der Waals surface area contributed by atoms with Crippen molar-refractivity contribution in [1.82, 2.24) is 4.57 Å². The second-order valence-electron chi connectivity index (χ2n) is 4.47. The molecule has 2 nitrogen and oxygen atoms in total. The first-order chi connectivity index (χ1) is 7.10. The Morgan fingerprint density at radius 1 is 1.40 bits per heavy atom. The fraction of sp³-hybridized carbons (Fsp3) is 0.333. The average molecular weight is 265 g/mol. The Kier molecular flexibility index (Phi) is 1.80. The van der Waals surface area contributed by atoms with Crippen LogP contribution >= 0.6 is 15.9 Å². The number of rotatable bonds is 1. The molecule has 1 fully saturated rings. The van der Waals surface area contributed by atoms with Crippen LogP contribution in [0.5, 0.6) is 0 Å². The van der Waals surface area contributed by atoms with Crippen molar-refractivity contribution < 1.29 is 0 Å². The van der Waals surface area contributed by atoms with Gasteiger partial charge in [0.25, 0.3) is 0 Å². The maximum absolute atomic E-state index is 6.27. The van der Waals surface area contributed by atoms with E-state index in [9.17, 15) is 0 Å². The summed E-state index contributed by atoms with van der Waals surface area (Å²) in [5, 5.41) is 1.28. The van der Waals surface area contributed by atoms with Crippen LogP contribution in [-0.4, -0.2) is 4.57 Å². The van der Waals surface area contributed by atoms with Crippen LogP contribution in [0.2, 0.25) is 0 Å². The number of halogens is 1. The van der Waals surface area contributed by atoms with E-state index in [0.29, 0.717) is 0 Å². The second-order valence-corrected chi connectivity index (χ2v) is 5.39. The van der Waals surface area contributed by atoms with Crippen LogP contribution in [0.25, 0.3) is 10.9 Å². The molecule has 3 heteroatoms. The molecule has 1 aliphatic rings. The van der Waals surface area contributed by atoms with Crippen molar-refractivity contribution in [2.45, 2.75) is 18.4 Å². The minimum absolute atomic E-state index is 0.0553. The third-order valence-electron chi connectivity index (χ3n) is 3.28. The third-order valence-corrected chi connectivity index (χ3v) is 3.77. The second kappa shape index (κ2) is 2.86. The first-order valence-corrected chi connectivity index (χ1v) is 5.93. The highest BCUT2D eigenvalue weighted by molar-refractivity contribution is 9.10. The zero-order valence-electron chi connectivity index (χ0n) is 8.63. The molecule has 78 valence electrons. The molecular formula is C12H13BrN2. The van der Waals surface area contributed by atoms with Gasteiger partial charge in [0.1, 0.15) is 0 Å². The van der Waals surface area contributed by atoms with Gasteiger partial charge in [0.2, 0.25) is 0 Å². The highest BCUT2D eigenvalue weighted by atomic mass is 79.9. The molecule has 15 heavy (non-hydrogen) atoms. The number of hydrogen-bond donors (Lipinski definition) is 1. The van der Waals surface area contributed by atoms with Crippen LogP contribution < -0.4 is 5.73 Å². The van der Waals surface area contributed by atoms with Gasteiger partial charge >= 0.3 is 0 Å². The van der Waals surface area contributed by atoms with Crippen molar-refractivity contribution in [3.05, 3.63) is 34.4 Å². The lowest BCUT2D eigenvalue weighted by Crippen LogP contribution is -2.18. The quantitative estimate of drug-likeness (QED) is 0.844. The first-order valence-electron chi connectivity index (χ1n) is 5.14. The molecule has 3 rings (SSSR count). The fourth-order valence-corrected chi connectivity index (χ4v) is 2.53. The van der Waals surface area contributed by atoms with Gasteiger partial charge < -0.3 is 10.3 Å². The van der Waals surface area contributed by atoms with Crippen molar-refractivity contribution in [2.75, 3.05) is 0 Å². The molecule has 1 saturated carbocycles. The number of nitrogens with zero attached hydrogens (tertiary/aromatic N) is 1. The normalized spacial score (nSPS) is 18.3. The zero-order valence-corrected chi connectivity index (χ0v) is 10.2. The molecule has 0 spiro atoms. The molecule has 0 unspecified atom stereocenters. The lowest BCUT2D eigenvalue weighted by atomic mass is 10.1. The maximum atomic E-state index is 6.27. The minimum Gasteiger partial charge on any atom is -0.350 e. The average Bonchev–Trinajstić information content (AvgIpc) is 2.85. The molecule has 2 N–H and O–H groups in total. The minimum atomic E-state index is -0.0553. The Labute approximate surface area is 97.2 Å². The van der Waals surface area contributed by atoms with Gasteiger partial charge in [0.15, 0.2) is 0 Å². The smallest absolute Gasteiger partial charge is 0.0482 e. The zero-order chi connectivity index (χ0) is 10.6. The Morgan fingerprint density at radius 3 is 2.80 bits per heavy atom. The Bertz CT molecular complexity index is 538. The van der Waals surface area contributed by atoms with Gasteiger partial charge in [-0.05, 0) is 36.6 Å². The number of aryl methyl sites for hydroxylation is 1. The predicted octanol–water partition coefficient (Wildman–Crippen LogP) is 2.89. The highest BCUT2D eigenvalue weighted by Crippen LogP contribution is 2.46. The van der Waals surface area contributed by atoms with Crippen LogP contribution in [0, 0.1) is 0 Å². The summed E-state index contributed by atoms with van der Waals surface area (Å²) in [5.74, 6) is 0. The molecule has 1 aliphatic carbocycles. The van der Waals surface area contributed by atoms with Crippen molar-refractivity contribution in [3.63, 3.8) is 0 Å². The summed E-state index contributed by atoms with van der Waals surface area (Å²) >= 11 is 3.51. The van der Waals surface area contributed by atoms with Gasteiger partial charge in [-0.15, -0.1) is 0 Å².